The van der Waals surface area contributed by atoms with Crippen LogP contribution in [0.1, 0.15) is 54.9 Å². The van der Waals surface area contributed by atoms with E-state index in [1.165, 1.54) is 7.11 Å². The molecule has 3 aliphatic rings. The van der Waals surface area contributed by atoms with Gasteiger partial charge in [0.2, 0.25) is 0 Å². The molecule has 3 fully saturated rings. The highest BCUT2D eigenvalue weighted by Gasteiger charge is 2.60. The van der Waals surface area contributed by atoms with Crippen molar-refractivity contribution in [2.45, 2.75) is 50.2 Å². The van der Waals surface area contributed by atoms with Gasteiger partial charge < -0.3 is 14.2 Å². The molecule has 4 rings (SSSR count). The molecule has 3 atom stereocenters. The molecule has 2 saturated carbocycles. The number of carbonyl (C=O) groups is 2. The molecule has 26 heavy (non-hydrogen) atoms. The summed E-state index contributed by atoms with van der Waals surface area (Å²) in [4.78, 5) is 25.3. The van der Waals surface area contributed by atoms with Crippen molar-refractivity contribution in [3.05, 3.63) is 35.4 Å². The number of hydrogen-bond donors (Lipinski definition) is 0. The number of fused-ring (bicyclic) bond motifs is 1. The summed E-state index contributed by atoms with van der Waals surface area (Å²) in [5, 5.41) is 0. The van der Waals surface area contributed by atoms with Gasteiger partial charge in [0.05, 0.1) is 31.3 Å². The highest BCUT2D eigenvalue weighted by atomic mass is 16.7. The SMILES string of the molecule is COC(=O)c1cccc([C@@]23CCC4(OCCO4)[C@@H](C)[C@@H]2CCCC3=O)c1. The summed E-state index contributed by atoms with van der Waals surface area (Å²) < 4.78 is 16.9. The summed E-state index contributed by atoms with van der Waals surface area (Å²) in [6.07, 6.45) is 3.89. The van der Waals surface area contributed by atoms with E-state index in [1.807, 2.05) is 18.2 Å². The summed E-state index contributed by atoms with van der Waals surface area (Å²) >= 11 is 0. The van der Waals surface area contributed by atoms with E-state index >= 15 is 0 Å². The van der Waals surface area contributed by atoms with Crippen LogP contribution < -0.4 is 0 Å². The summed E-state index contributed by atoms with van der Waals surface area (Å²) in [6, 6.07) is 7.44. The molecule has 1 aliphatic heterocycles. The Morgan fingerprint density at radius 2 is 2.00 bits per heavy atom. The maximum absolute atomic E-state index is 13.3. The Kier molecular flexibility index (Phi) is 4.40. The van der Waals surface area contributed by atoms with Crippen LogP contribution in [0.4, 0.5) is 0 Å². The van der Waals surface area contributed by atoms with Crippen molar-refractivity contribution < 1.29 is 23.8 Å². The van der Waals surface area contributed by atoms with E-state index in [1.54, 1.807) is 6.07 Å². The van der Waals surface area contributed by atoms with Gasteiger partial charge in [0.15, 0.2) is 5.79 Å². The van der Waals surface area contributed by atoms with Gasteiger partial charge in [-0.15, -0.1) is 0 Å². The maximum atomic E-state index is 13.3. The van der Waals surface area contributed by atoms with Gasteiger partial charge >= 0.3 is 5.97 Å². The van der Waals surface area contributed by atoms with Gasteiger partial charge in [0, 0.05) is 18.8 Å². The zero-order chi connectivity index (χ0) is 18.4. The maximum Gasteiger partial charge on any atom is 0.337 e. The lowest BCUT2D eigenvalue weighted by Gasteiger charge is -2.54. The Hall–Kier alpha value is -1.72. The van der Waals surface area contributed by atoms with Gasteiger partial charge in [0.25, 0.3) is 0 Å². The molecule has 2 aliphatic carbocycles. The van der Waals surface area contributed by atoms with E-state index in [0.29, 0.717) is 38.0 Å². The fraction of sp³-hybridized carbons (Fsp3) is 0.619. The molecule has 0 N–H and O–H groups in total. The van der Waals surface area contributed by atoms with E-state index < -0.39 is 11.2 Å². The highest BCUT2D eigenvalue weighted by molar-refractivity contribution is 5.93. The molecule has 0 bridgehead atoms. The first kappa shape index (κ1) is 17.7. The molecule has 0 amide bonds. The van der Waals surface area contributed by atoms with Gasteiger partial charge in [-0.05, 0) is 42.9 Å². The fourth-order valence-corrected chi connectivity index (χ4v) is 5.50. The molecule has 0 radical (unpaired) electrons. The predicted molar refractivity (Wildman–Crippen MR) is 94.8 cm³/mol. The number of hydrogen-bond acceptors (Lipinski definition) is 5. The standard InChI is InChI=1S/C21H26O5/c1-14-17-7-4-8-18(22)20(17,9-10-21(14)25-11-12-26-21)16-6-3-5-15(13-16)19(23)24-2/h3,5-6,13-14,17H,4,7-12H2,1-2H3/t14-,17-,20-/m0/s1. The van der Waals surface area contributed by atoms with Crippen LogP contribution in [0.2, 0.25) is 0 Å². The third-order valence-electron chi connectivity index (χ3n) is 6.79. The van der Waals surface area contributed by atoms with Crippen LogP contribution >= 0.6 is 0 Å². The largest absolute Gasteiger partial charge is 0.465 e. The van der Waals surface area contributed by atoms with Gasteiger partial charge in [0.1, 0.15) is 5.78 Å². The third kappa shape index (κ3) is 2.44. The van der Waals surface area contributed by atoms with Crippen molar-refractivity contribution in [3.63, 3.8) is 0 Å². The Balaban J connectivity index is 1.78. The number of Topliss-reactive ketones (excluding diaryl/α,β-unsaturated/α-hetero) is 1. The van der Waals surface area contributed by atoms with Crippen LogP contribution in [0.5, 0.6) is 0 Å². The molecule has 5 nitrogen and oxygen atoms in total. The monoisotopic (exact) mass is 358 g/mol. The van der Waals surface area contributed by atoms with Crippen LogP contribution in [0, 0.1) is 11.8 Å². The second kappa shape index (κ2) is 6.46. The van der Waals surface area contributed by atoms with Crippen LogP contribution in [0.25, 0.3) is 0 Å². The molecule has 1 heterocycles. The smallest absolute Gasteiger partial charge is 0.337 e. The zero-order valence-electron chi connectivity index (χ0n) is 15.5. The average Bonchev–Trinajstić information content (AvgIpc) is 3.15. The number of carbonyl (C=O) groups excluding carboxylic acids is 2. The number of ketones is 1. The van der Waals surface area contributed by atoms with Gasteiger partial charge in [-0.2, -0.15) is 0 Å². The van der Waals surface area contributed by atoms with E-state index in [9.17, 15) is 9.59 Å². The summed E-state index contributed by atoms with van der Waals surface area (Å²) in [5.74, 6) is -0.347. The lowest BCUT2D eigenvalue weighted by atomic mass is 9.51. The Morgan fingerprint density at radius 3 is 2.73 bits per heavy atom. The summed E-state index contributed by atoms with van der Waals surface area (Å²) in [6.45, 7) is 3.40. The minimum Gasteiger partial charge on any atom is -0.465 e. The molecular weight excluding hydrogens is 332 g/mol. The number of ether oxygens (including phenoxy) is 3. The normalized spacial score (nSPS) is 33.1. The van der Waals surface area contributed by atoms with Gasteiger partial charge in [-0.1, -0.05) is 19.1 Å². The van der Waals surface area contributed by atoms with Crippen molar-refractivity contribution in [2.24, 2.45) is 11.8 Å². The number of esters is 1. The summed E-state index contributed by atoms with van der Waals surface area (Å²) in [5.41, 5.74) is 0.884. The van der Waals surface area contributed by atoms with Crippen molar-refractivity contribution >= 4 is 11.8 Å². The Bertz CT molecular complexity index is 721. The van der Waals surface area contributed by atoms with E-state index in [2.05, 4.69) is 6.92 Å². The Labute approximate surface area is 154 Å². The first-order chi connectivity index (χ1) is 12.5. The van der Waals surface area contributed by atoms with Crippen LogP contribution in [0.3, 0.4) is 0 Å². The molecule has 1 spiro atoms. The van der Waals surface area contributed by atoms with Crippen molar-refractivity contribution in [3.8, 4) is 0 Å². The van der Waals surface area contributed by atoms with Crippen LogP contribution in [-0.4, -0.2) is 37.9 Å². The minimum atomic E-state index is -0.553. The quantitative estimate of drug-likeness (QED) is 0.760. The highest BCUT2D eigenvalue weighted by Crippen LogP contribution is 2.57. The van der Waals surface area contributed by atoms with Crippen molar-refractivity contribution in [2.75, 3.05) is 20.3 Å². The molecule has 1 aromatic rings. The first-order valence-electron chi connectivity index (χ1n) is 9.53. The van der Waals surface area contributed by atoms with Crippen LogP contribution in [-0.2, 0) is 24.4 Å². The van der Waals surface area contributed by atoms with Crippen LogP contribution in [0.15, 0.2) is 24.3 Å². The van der Waals surface area contributed by atoms with Gasteiger partial charge in [-0.3, -0.25) is 4.79 Å². The lowest BCUT2D eigenvalue weighted by molar-refractivity contribution is -0.235. The first-order valence-corrected chi connectivity index (χ1v) is 9.53. The molecule has 5 heteroatoms. The number of rotatable bonds is 2. The number of methoxy groups -OCH3 is 1. The minimum absolute atomic E-state index is 0.129. The number of benzene rings is 1. The molecule has 1 saturated heterocycles. The average molecular weight is 358 g/mol. The lowest BCUT2D eigenvalue weighted by Crippen LogP contribution is -2.59. The second-order valence-corrected chi connectivity index (χ2v) is 7.76. The fourth-order valence-electron chi connectivity index (χ4n) is 5.50. The van der Waals surface area contributed by atoms with E-state index in [4.69, 9.17) is 14.2 Å². The third-order valence-corrected chi connectivity index (χ3v) is 6.79. The summed E-state index contributed by atoms with van der Waals surface area (Å²) in [7, 11) is 1.38. The molecule has 140 valence electrons. The predicted octanol–water partition coefficient (Wildman–Crippen LogP) is 3.25. The van der Waals surface area contributed by atoms with Gasteiger partial charge in [-0.25, -0.2) is 4.79 Å². The second-order valence-electron chi connectivity index (χ2n) is 7.76. The topological polar surface area (TPSA) is 61.8 Å². The molecule has 0 unspecified atom stereocenters. The molecule has 1 aromatic carbocycles. The Morgan fingerprint density at radius 1 is 1.23 bits per heavy atom. The van der Waals surface area contributed by atoms with Crippen molar-refractivity contribution in [1.29, 1.82) is 0 Å². The van der Waals surface area contributed by atoms with E-state index in [0.717, 1.165) is 18.4 Å². The van der Waals surface area contributed by atoms with Crippen molar-refractivity contribution in [1.82, 2.24) is 0 Å². The zero-order valence-corrected chi connectivity index (χ0v) is 15.5. The molecular formula is C21H26O5. The molecule has 0 aromatic heterocycles. The van der Waals surface area contributed by atoms with E-state index in [-0.39, 0.29) is 23.6 Å².